The molecule has 35 heavy (non-hydrogen) atoms. The summed E-state index contributed by atoms with van der Waals surface area (Å²) in [6, 6.07) is 18.7. The zero-order chi connectivity index (χ0) is 24.7. The maximum Gasteiger partial charge on any atom is 0.266 e. The number of anilines is 2. The molecule has 0 aromatic heterocycles. The maximum atomic E-state index is 13.8. The van der Waals surface area contributed by atoms with Gasteiger partial charge in [0.05, 0.1) is 32.7 Å². The summed E-state index contributed by atoms with van der Waals surface area (Å²) in [5.41, 5.74) is 1.76. The van der Waals surface area contributed by atoms with E-state index >= 15 is 0 Å². The molecule has 0 N–H and O–H groups in total. The van der Waals surface area contributed by atoms with Crippen LogP contribution in [0, 0.1) is 5.92 Å². The van der Waals surface area contributed by atoms with Crippen molar-refractivity contribution in [2.75, 3.05) is 31.3 Å². The molecular formula is C26H23ClN2O6. The van der Waals surface area contributed by atoms with Gasteiger partial charge in [-0.1, -0.05) is 29.8 Å². The molecule has 2 amide bonds. The number of hydrogen-bond acceptors (Lipinski definition) is 7. The number of halogens is 1. The van der Waals surface area contributed by atoms with Gasteiger partial charge in [0.15, 0.2) is 17.6 Å². The fourth-order valence-electron chi connectivity index (χ4n) is 4.73. The highest BCUT2D eigenvalue weighted by Gasteiger charge is 2.61. The van der Waals surface area contributed by atoms with Gasteiger partial charge in [0.25, 0.3) is 5.91 Å². The third-order valence-corrected chi connectivity index (χ3v) is 6.52. The normalized spacial score (nSPS) is 21.3. The van der Waals surface area contributed by atoms with Crippen LogP contribution in [0.3, 0.4) is 0 Å². The molecule has 0 radical (unpaired) electrons. The second-order valence-corrected chi connectivity index (χ2v) is 8.51. The molecule has 2 fully saturated rings. The Morgan fingerprint density at radius 1 is 0.771 bits per heavy atom. The summed E-state index contributed by atoms with van der Waals surface area (Å²) in [5, 5.41) is 2.11. The first-order valence-corrected chi connectivity index (χ1v) is 11.3. The molecule has 0 unspecified atom stereocenters. The van der Waals surface area contributed by atoms with E-state index in [4.69, 9.17) is 30.6 Å². The second kappa shape index (κ2) is 9.13. The number of hydroxylamine groups is 1. The highest BCUT2D eigenvalue weighted by Crippen LogP contribution is 2.52. The topological polar surface area (TPSA) is 77.5 Å². The Morgan fingerprint density at radius 2 is 1.46 bits per heavy atom. The highest BCUT2D eigenvalue weighted by molar-refractivity contribution is 6.31. The molecule has 0 spiro atoms. The van der Waals surface area contributed by atoms with Gasteiger partial charge in [-0.2, -0.15) is 0 Å². The first-order chi connectivity index (χ1) is 17.0. The standard InChI is InChI=1S/C26H23ClN2O6/c1-32-19-14-13-18(22(33-2)23(19)34-3)21-20-24(35-29(21)17-7-5-4-6-8-17)26(31)28(25(20)30)16-11-9-15(27)10-12-16/h4-14,20-21,24H,1-3H3/t20-,21+,24-/m1/s1. The Hall–Kier alpha value is -3.75. The molecule has 9 heteroatoms. The van der Waals surface area contributed by atoms with Crippen LogP contribution < -0.4 is 24.2 Å². The SMILES string of the molecule is COc1ccc([C@H]2[C@H]3C(=O)N(c4ccc(Cl)cc4)C(=O)[C@@H]3ON2c2ccccc2)c(OC)c1OC. The minimum Gasteiger partial charge on any atom is -0.493 e. The summed E-state index contributed by atoms with van der Waals surface area (Å²) in [6.45, 7) is 0. The number of amides is 2. The summed E-state index contributed by atoms with van der Waals surface area (Å²) in [7, 11) is 4.56. The summed E-state index contributed by atoms with van der Waals surface area (Å²) in [4.78, 5) is 34.6. The van der Waals surface area contributed by atoms with Crippen molar-refractivity contribution in [2.45, 2.75) is 12.1 Å². The van der Waals surface area contributed by atoms with Crippen molar-refractivity contribution in [3.05, 3.63) is 77.3 Å². The molecule has 3 atom stereocenters. The van der Waals surface area contributed by atoms with Gasteiger partial charge in [-0.05, 0) is 48.5 Å². The molecular weight excluding hydrogens is 472 g/mol. The van der Waals surface area contributed by atoms with Crippen LogP contribution in [0.4, 0.5) is 11.4 Å². The molecule has 0 saturated carbocycles. The molecule has 2 heterocycles. The highest BCUT2D eigenvalue weighted by atomic mass is 35.5. The van der Waals surface area contributed by atoms with Crippen LogP contribution in [0.5, 0.6) is 17.2 Å². The minimum atomic E-state index is -1.01. The van der Waals surface area contributed by atoms with Crippen LogP contribution in [0.15, 0.2) is 66.7 Å². The van der Waals surface area contributed by atoms with Crippen molar-refractivity contribution in [2.24, 2.45) is 5.92 Å². The third-order valence-electron chi connectivity index (χ3n) is 6.26. The zero-order valence-electron chi connectivity index (χ0n) is 19.3. The van der Waals surface area contributed by atoms with E-state index in [0.29, 0.717) is 39.2 Å². The zero-order valence-corrected chi connectivity index (χ0v) is 20.1. The van der Waals surface area contributed by atoms with Crippen molar-refractivity contribution in [3.8, 4) is 17.2 Å². The first-order valence-electron chi connectivity index (χ1n) is 10.9. The lowest BCUT2D eigenvalue weighted by Gasteiger charge is -2.30. The smallest absolute Gasteiger partial charge is 0.266 e. The van der Waals surface area contributed by atoms with Gasteiger partial charge in [0.1, 0.15) is 12.0 Å². The van der Waals surface area contributed by atoms with E-state index in [0.717, 1.165) is 4.90 Å². The molecule has 3 aromatic carbocycles. The van der Waals surface area contributed by atoms with Gasteiger partial charge < -0.3 is 14.2 Å². The number of ether oxygens (including phenoxy) is 3. The quantitative estimate of drug-likeness (QED) is 0.469. The minimum absolute atomic E-state index is 0.373. The number of imide groups is 1. The lowest BCUT2D eigenvalue weighted by atomic mass is 9.89. The van der Waals surface area contributed by atoms with E-state index in [1.165, 1.54) is 21.3 Å². The van der Waals surface area contributed by atoms with Crippen molar-refractivity contribution in [1.29, 1.82) is 0 Å². The first kappa shape index (κ1) is 23.0. The Kier molecular flexibility index (Phi) is 6.00. The third kappa shape index (κ3) is 3.66. The number of carbonyl (C=O) groups excluding carboxylic acids is 2. The lowest BCUT2D eigenvalue weighted by molar-refractivity contribution is -0.126. The van der Waals surface area contributed by atoms with Gasteiger partial charge in [-0.3, -0.25) is 14.4 Å². The predicted octanol–water partition coefficient (Wildman–Crippen LogP) is 4.42. The molecule has 5 rings (SSSR count). The molecule has 0 aliphatic carbocycles. The fourth-order valence-corrected chi connectivity index (χ4v) is 4.86. The molecule has 8 nitrogen and oxygen atoms in total. The summed E-state index contributed by atoms with van der Waals surface area (Å²) < 4.78 is 16.7. The number of carbonyl (C=O) groups is 2. The van der Waals surface area contributed by atoms with Crippen molar-refractivity contribution in [3.63, 3.8) is 0 Å². The van der Waals surface area contributed by atoms with Gasteiger partial charge in [0, 0.05) is 10.6 Å². The average Bonchev–Trinajstić information content (AvgIpc) is 3.39. The molecule has 2 aliphatic heterocycles. The molecule has 3 aromatic rings. The summed E-state index contributed by atoms with van der Waals surface area (Å²) in [6.07, 6.45) is -1.01. The van der Waals surface area contributed by atoms with Gasteiger partial charge in [-0.25, -0.2) is 9.96 Å². The van der Waals surface area contributed by atoms with E-state index in [-0.39, 0.29) is 5.91 Å². The van der Waals surface area contributed by atoms with Crippen LogP contribution in [0.1, 0.15) is 11.6 Å². The number of methoxy groups -OCH3 is 3. The fraction of sp³-hybridized carbons (Fsp3) is 0.231. The van der Waals surface area contributed by atoms with E-state index in [9.17, 15) is 9.59 Å². The number of fused-ring (bicyclic) bond motifs is 1. The van der Waals surface area contributed by atoms with Crippen LogP contribution in [-0.2, 0) is 14.4 Å². The van der Waals surface area contributed by atoms with E-state index in [1.54, 1.807) is 41.5 Å². The number of benzene rings is 3. The van der Waals surface area contributed by atoms with Crippen LogP contribution >= 0.6 is 11.6 Å². The van der Waals surface area contributed by atoms with Gasteiger partial charge >= 0.3 is 0 Å². The van der Waals surface area contributed by atoms with Crippen molar-refractivity contribution >= 4 is 34.8 Å². The largest absolute Gasteiger partial charge is 0.493 e. The molecule has 2 aliphatic rings. The Bertz CT molecular complexity index is 1270. The Labute approximate surface area is 207 Å². The average molecular weight is 495 g/mol. The second-order valence-electron chi connectivity index (χ2n) is 8.07. The number of para-hydroxylation sites is 1. The van der Waals surface area contributed by atoms with Gasteiger partial charge in [0.2, 0.25) is 11.7 Å². The molecule has 180 valence electrons. The number of nitrogens with zero attached hydrogens (tertiary/aromatic N) is 2. The summed E-state index contributed by atoms with van der Waals surface area (Å²) >= 11 is 6.01. The summed E-state index contributed by atoms with van der Waals surface area (Å²) in [5.74, 6) is -0.382. The molecule has 2 saturated heterocycles. The van der Waals surface area contributed by atoms with Crippen LogP contribution in [0.2, 0.25) is 5.02 Å². The molecule has 0 bridgehead atoms. The van der Waals surface area contributed by atoms with Crippen molar-refractivity contribution < 1.29 is 28.6 Å². The van der Waals surface area contributed by atoms with E-state index in [2.05, 4.69) is 0 Å². The van der Waals surface area contributed by atoms with Gasteiger partial charge in [-0.15, -0.1) is 0 Å². The van der Waals surface area contributed by atoms with Crippen molar-refractivity contribution in [1.82, 2.24) is 0 Å². The monoisotopic (exact) mass is 494 g/mol. The number of rotatable bonds is 6. The van der Waals surface area contributed by atoms with Crippen LogP contribution in [0.25, 0.3) is 0 Å². The van der Waals surface area contributed by atoms with E-state index in [1.807, 2.05) is 30.3 Å². The Balaban J connectivity index is 1.65. The van der Waals surface area contributed by atoms with E-state index < -0.39 is 24.0 Å². The lowest BCUT2D eigenvalue weighted by Crippen LogP contribution is -2.37. The Morgan fingerprint density at radius 3 is 2.09 bits per heavy atom. The predicted molar refractivity (Wildman–Crippen MR) is 130 cm³/mol. The van der Waals surface area contributed by atoms with Crippen LogP contribution in [-0.4, -0.2) is 39.2 Å². The maximum absolute atomic E-state index is 13.8. The number of hydrogen-bond donors (Lipinski definition) is 0.